The Labute approximate surface area is 175 Å². The SMILES string of the molecule is COc1ccc(-c2noc(CNC(=O)[C@H](C)Oc3cccc(C)c3C)n2)c(OC)c1. The van der Waals surface area contributed by atoms with Crippen molar-refractivity contribution in [1.82, 2.24) is 15.5 Å². The van der Waals surface area contributed by atoms with E-state index in [-0.39, 0.29) is 18.3 Å². The van der Waals surface area contributed by atoms with Gasteiger partial charge < -0.3 is 24.1 Å². The highest BCUT2D eigenvalue weighted by atomic mass is 16.5. The van der Waals surface area contributed by atoms with E-state index in [0.717, 1.165) is 11.1 Å². The van der Waals surface area contributed by atoms with Crippen molar-refractivity contribution in [3.8, 4) is 28.6 Å². The highest BCUT2D eigenvalue weighted by molar-refractivity contribution is 5.80. The zero-order valence-corrected chi connectivity index (χ0v) is 17.7. The van der Waals surface area contributed by atoms with Crippen LogP contribution in [0.5, 0.6) is 17.2 Å². The van der Waals surface area contributed by atoms with Crippen LogP contribution in [0.25, 0.3) is 11.4 Å². The maximum Gasteiger partial charge on any atom is 0.261 e. The lowest BCUT2D eigenvalue weighted by Crippen LogP contribution is -2.36. The normalized spacial score (nSPS) is 11.6. The van der Waals surface area contributed by atoms with E-state index in [2.05, 4.69) is 15.5 Å². The van der Waals surface area contributed by atoms with Crippen molar-refractivity contribution < 1.29 is 23.5 Å². The number of carbonyl (C=O) groups is 1. The Morgan fingerprint density at radius 1 is 1.13 bits per heavy atom. The van der Waals surface area contributed by atoms with Gasteiger partial charge in [0.15, 0.2) is 6.10 Å². The third-order valence-electron chi connectivity index (χ3n) is 4.76. The van der Waals surface area contributed by atoms with Crippen molar-refractivity contribution in [3.63, 3.8) is 0 Å². The van der Waals surface area contributed by atoms with Crippen molar-refractivity contribution in [2.45, 2.75) is 33.4 Å². The predicted octanol–water partition coefficient (Wildman–Crippen LogP) is 3.45. The number of aromatic nitrogens is 2. The van der Waals surface area contributed by atoms with Crippen molar-refractivity contribution >= 4 is 5.91 Å². The van der Waals surface area contributed by atoms with Gasteiger partial charge in [-0.25, -0.2) is 0 Å². The maximum absolute atomic E-state index is 12.4. The van der Waals surface area contributed by atoms with Crippen LogP contribution in [0, 0.1) is 13.8 Å². The average molecular weight is 411 g/mol. The summed E-state index contributed by atoms with van der Waals surface area (Å²) >= 11 is 0. The number of benzene rings is 2. The second kappa shape index (κ2) is 9.30. The molecule has 0 aliphatic rings. The molecular weight excluding hydrogens is 386 g/mol. The number of rotatable bonds is 8. The van der Waals surface area contributed by atoms with E-state index in [0.29, 0.717) is 28.6 Å². The molecule has 0 spiro atoms. The molecule has 0 fully saturated rings. The van der Waals surface area contributed by atoms with Gasteiger partial charge in [-0.05, 0) is 50.1 Å². The molecule has 1 N–H and O–H groups in total. The largest absolute Gasteiger partial charge is 0.497 e. The lowest BCUT2D eigenvalue weighted by Gasteiger charge is -2.16. The van der Waals surface area contributed by atoms with Crippen LogP contribution in [0.4, 0.5) is 0 Å². The number of amides is 1. The first-order valence-corrected chi connectivity index (χ1v) is 9.48. The van der Waals surface area contributed by atoms with E-state index in [1.165, 1.54) is 0 Å². The Balaban J connectivity index is 1.62. The first kappa shape index (κ1) is 21.2. The van der Waals surface area contributed by atoms with Crippen LogP contribution in [0.15, 0.2) is 40.9 Å². The fraction of sp³-hybridized carbons (Fsp3) is 0.318. The molecule has 30 heavy (non-hydrogen) atoms. The molecule has 0 saturated carbocycles. The van der Waals surface area contributed by atoms with Gasteiger partial charge in [0.25, 0.3) is 5.91 Å². The topological polar surface area (TPSA) is 95.7 Å². The van der Waals surface area contributed by atoms with E-state index in [1.54, 1.807) is 39.3 Å². The Morgan fingerprint density at radius 3 is 2.67 bits per heavy atom. The first-order chi connectivity index (χ1) is 14.4. The molecule has 2 aromatic carbocycles. The van der Waals surface area contributed by atoms with Gasteiger partial charge in [0.2, 0.25) is 11.7 Å². The van der Waals surface area contributed by atoms with E-state index in [1.807, 2.05) is 32.0 Å². The van der Waals surface area contributed by atoms with Gasteiger partial charge in [0.05, 0.1) is 26.3 Å². The lowest BCUT2D eigenvalue weighted by molar-refractivity contribution is -0.127. The smallest absolute Gasteiger partial charge is 0.261 e. The third kappa shape index (κ3) is 4.71. The zero-order chi connectivity index (χ0) is 21.7. The van der Waals surface area contributed by atoms with E-state index in [9.17, 15) is 4.79 Å². The summed E-state index contributed by atoms with van der Waals surface area (Å²) in [4.78, 5) is 16.7. The van der Waals surface area contributed by atoms with Crippen LogP contribution < -0.4 is 19.5 Å². The van der Waals surface area contributed by atoms with Gasteiger partial charge in [-0.2, -0.15) is 4.98 Å². The van der Waals surface area contributed by atoms with Gasteiger partial charge in [-0.3, -0.25) is 4.79 Å². The minimum Gasteiger partial charge on any atom is -0.497 e. The van der Waals surface area contributed by atoms with E-state index in [4.69, 9.17) is 18.7 Å². The van der Waals surface area contributed by atoms with Crippen LogP contribution in [0.2, 0.25) is 0 Å². The van der Waals surface area contributed by atoms with E-state index < -0.39 is 6.10 Å². The van der Waals surface area contributed by atoms with Crippen molar-refractivity contribution in [2.75, 3.05) is 14.2 Å². The van der Waals surface area contributed by atoms with E-state index >= 15 is 0 Å². The quantitative estimate of drug-likeness (QED) is 0.606. The molecule has 0 aliphatic carbocycles. The lowest BCUT2D eigenvalue weighted by atomic mass is 10.1. The Bertz CT molecular complexity index is 1030. The molecule has 3 aromatic rings. The van der Waals surface area contributed by atoms with Crippen molar-refractivity contribution in [3.05, 3.63) is 53.4 Å². The number of nitrogens with zero attached hydrogens (tertiary/aromatic N) is 2. The molecule has 1 amide bonds. The highest BCUT2D eigenvalue weighted by Gasteiger charge is 2.18. The Kier molecular flexibility index (Phi) is 6.56. The van der Waals surface area contributed by atoms with Crippen LogP contribution >= 0.6 is 0 Å². The molecular formula is C22H25N3O5. The molecule has 1 heterocycles. The molecule has 0 aliphatic heterocycles. The van der Waals surface area contributed by atoms with Crippen molar-refractivity contribution in [1.29, 1.82) is 0 Å². The molecule has 1 aromatic heterocycles. The first-order valence-electron chi connectivity index (χ1n) is 9.48. The summed E-state index contributed by atoms with van der Waals surface area (Å²) in [5, 5.41) is 6.73. The van der Waals surface area contributed by atoms with Crippen LogP contribution in [0.3, 0.4) is 0 Å². The molecule has 3 rings (SSSR count). The summed E-state index contributed by atoms with van der Waals surface area (Å²) in [6.45, 7) is 5.74. The summed E-state index contributed by atoms with van der Waals surface area (Å²) in [6.07, 6.45) is -0.672. The minimum atomic E-state index is -0.672. The van der Waals surface area contributed by atoms with Crippen LogP contribution in [0.1, 0.15) is 23.9 Å². The number of hydrogen-bond donors (Lipinski definition) is 1. The summed E-state index contributed by atoms with van der Waals surface area (Å²) in [6, 6.07) is 11.0. The van der Waals surface area contributed by atoms with Crippen LogP contribution in [-0.4, -0.2) is 36.4 Å². The molecule has 0 bridgehead atoms. The Hall–Kier alpha value is -3.55. The average Bonchev–Trinajstić information content (AvgIpc) is 3.23. The van der Waals surface area contributed by atoms with Gasteiger partial charge in [-0.15, -0.1) is 0 Å². The highest BCUT2D eigenvalue weighted by Crippen LogP contribution is 2.31. The molecule has 158 valence electrons. The summed E-state index contributed by atoms with van der Waals surface area (Å²) < 4.78 is 21.6. The van der Waals surface area contributed by atoms with Gasteiger partial charge in [0, 0.05) is 6.07 Å². The number of hydrogen-bond acceptors (Lipinski definition) is 7. The summed E-state index contributed by atoms with van der Waals surface area (Å²) in [5.74, 6) is 2.25. The number of methoxy groups -OCH3 is 2. The Morgan fingerprint density at radius 2 is 1.93 bits per heavy atom. The number of ether oxygens (including phenoxy) is 3. The molecule has 8 heteroatoms. The third-order valence-corrected chi connectivity index (χ3v) is 4.76. The summed E-state index contributed by atoms with van der Waals surface area (Å²) in [5.41, 5.74) is 2.77. The maximum atomic E-state index is 12.4. The molecule has 0 unspecified atom stereocenters. The fourth-order valence-electron chi connectivity index (χ4n) is 2.82. The van der Waals surface area contributed by atoms with Crippen LogP contribution in [-0.2, 0) is 11.3 Å². The second-order valence-corrected chi connectivity index (χ2v) is 6.75. The zero-order valence-electron chi connectivity index (χ0n) is 17.7. The predicted molar refractivity (Wildman–Crippen MR) is 111 cm³/mol. The number of nitrogens with one attached hydrogen (secondary N) is 1. The molecule has 0 radical (unpaired) electrons. The minimum absolute atomic E-state index is 0.0881. The van der Waals surface area contributed by atoms with Crippen molar-refractivity contribution in [2.24, 2.45) is 0 Å². The standard InChI is InChI=1S/C22H25N3O5/c1-13-7-6-8-18(14(13)2)29-15(3)22(26)23-12-20-24-21(25-30-20)17-10-9-16(27-4)11-19(17)28-5/h6-11,15H,12H2,1-5H3,(H,23,26)/t15-/m0/s1. The second-order valence-electron chi connectivity index (χ2n) is 6.75. The fourth-order valence-corrected chi connectivity index (χ4v) is 2.82. The van der Waals surface area contributed by atoms with Gasteiger partial charge >= 0.3 is 0 Å². The number of carbonyl (C=O) groups excluding carboxylic acids is 1. The van der Waals surface area contributed by atoms with Gasteiger partial charge in [-0.1, -0.05) is 17.3 Å². The molecule has 0 saturated heterocycles. The number of aryl methyl sites for hydroxylation is 1. The summed E-state index contributed by atoms with van der Waals surface area (Å²) in [7, 11) is 3.13. The molecule has 8 nitrogen and oxygen atoms in total. The monoisotopic (exact) mass is 411 g/mol. The van der Waals surface area contributed by atoms with Gasteiger partial charge in [0.1, 0.15) is 17.2 Å². The molecule has 1 atom stereocenters.